The van der Waals surface area contributed by atoms with Crippen LogP contribution in [0.4, 0.5) is 5.69 Å². The molecule has 0 aliphatic carbocycles. The Hall–Kier alpha value is -1.55. The van der Waals surface area contributed by atoms with Crippen LogP contribution in [0.2, 0.25) is 0 Å². The number of hydrogen-bond acceptors (Lipinski definition) is 3. The van der Waals surface area contributed by atoms with E-state index in [1.165, 1.54) is 0 Å². The molecule has 0 bridgehead atoms. The van der Waals surface area contributed by atoms with E-state index in [4.69, 9.17) is 5.73 Å². The third-order valence-electron chi connectivity index (χ3n) is 3.30. The Labute approximate surface area is 116 Å². The van der Waals surface area contributed by atoms with Gasteiger partial charge >= 0.3 is 0 Å². The Bertz CT molecular complexity index is 427. The lowest BCUT2D eigenvalue weighted by atomic mass is 10.1. The van der Waals surface area contributed by atoms with E-state index in [-0.39, 0.29) is 11.9 Å². The van der Waals surface area contributed by atoms with Crippen LogP contribution in [0.25, 0.3) is 0 Å². The van der Waals surface area contributed by atoms with Crippen molar-refractivity contribution in [2.24, 2.45) is 0 Å². The Morgan fingerprint density at radius 1 is 1.37 bits per heavy atom. The summed E-state index contributed by atoms with van der Waals surface area (Å²) in [5.41, 5.74) is 7.98. The normalized spacial score (nSPS) is 12.5. The SMILES string of the molecule is CCN(CC)CC(C)NC(=O)c1ccc(N)cc1C. The molecule has 0 aliphatic heterocycles. The van der Waals surface area contributed by atoms with Crippen LogP contribution in [-0.4, -0.2) is 36.5 Å². The molecule has 0 spiro atoms. The summed E-state index contributed by atoms with van der Waals surface area (Å²) in [5, 5.41) is 3.03. The van der Waals surface area contributed by atoms with Gasteiger partial charge in [-0.25, -0.2) is 0 Å². The number of nitrogens with two attached hydrogens (primary N) is 1. The van der Waals surface area contributed by atoms with Crippen molar-refractivity contribution < 1.29 is 4.79 Å². The lowest BCUT2D eigenvalue weighted by Gasteiger charge is -2.23. The zero-order chi connectivity index (χ0) is 14.4. The number of amides is 1. The summed E-state index contributed by atoms with van der Waals surface area (Å²) in [7, 11) is 0. The quantitative estimate of drug-likeness (QED) is 0.772. The van der Waals surface area contributed by atoms with Gasteiger partial charge in [-0.1, -0.05) is 13.8 Å². The molecule has 1 atom stereocenters. The maximum Gasteiger partial charge on any atom is 0.251 e. The van der Waals surface area contributed by atoms with E-state index in [1.54, 1.807) is 12.1 Å². The van der Waals surface area contributed by atoms with Crippen LogP contribution < -0.4 is 11.1 Å². The van der Waals surface area contributed by atoms with Gasteiger partial charge in [0.15, 0.2) is 0 Å². The van der Waals surface area contributed by atoms with Crippen molar-refractivity contribution in [3.8, 4) is 0 Å². The number of anilines is 1. The molecule has 0 saturated heterocycles. The first-order valence-corrected chi connectivity index (χ1v) is 6.87. The summed E-state index contributed by atoms with van der Waals surface area (Å²) in [6.07, 6.45) is 0. The predicted molar refractivity (Wildman–Crippen MR) is 80.3 cm³/mol. The van der Waals surface area contributed by atoms with Crippen molar-refractivity contribution in [3.63, 3.8) is 0 Å². The molecule has 0 saturated carbocycles. The van der Waals surface area contributed by atoms with Crippen LogP contribution in [0.1, 0.15) is 36.7 Å². The van der Waals surface area contributed by atoms with Crippen molar-refractivity contribution in [1.29, 1.82) is 0 Å². The van der Waals surface area contributed by atoms with E-state index >= 15 is 0 Å². The summed E-state index contributed by atoms with van der Waals surface area (Å²) in [5.74, 6) is -0.0304. The molecule has 3 N–H and O–H groups in total. The smallest absolute Gasteiger partial charge is 0.251 e. The van der Waals surface area contributed by atoms with Gasteiger partial charge in [-0.05, 0) is 50.7 Å². The lowest BCUT2D eigenvalue weighted by molar-refractivity contribution is 0.0929. The molecule has 0 aliphatic rings. The van der Waals surface area contributed by atoms with Crippen LogP contribution in [-0.2, 0) is 0 Å². The summed E-state index contributed by atoms with van der Waals surface area (Å²) < 4.78 is 0. The van der Waals surface area contributed by atoms with Gasteiger partial charge in [-0.3, -0.25) is 4.79 Å². The number of nitrogens with one attached hydrogen (secondary N) is 1. The second-order valence-electron chi connectivity index (χ2n) is 4.93. The van der Waals surface area contributed by atoms with Crippen molar-refractivity contribution >= 4 is 11.6 Å². The fourth-order valence-corrected chi connectivity index (χ4v) is 2.16. The Kier molecular flexibility index (Phi) is 5.83. The average molecular weight is 263 g/mol. The molecule has 0 radical (unpaired) electrons. The maximum atomic E-state index is 12.2. The largest absolute Gasteiger partial charge is 0.399 e. The first kappa shape index (κ1) is 15.5. The minimum Gasteiger partial charge on any atom is -0.399 e. The van der Waals surface area contributed by atoms with Crippen molar-refractivity contribution in [2.75, 3.05) is 25.4 Å². The van der Waals surface area contributed by atoms with Crippen molar-refractivity contribution in [2.45, 2.75) is 33.7 Å². The minimum atomic E-state index is -0.0304. The lowest BCUT2D eigenvalue weighted by Crippen LogP contribution is -2.42. The van der Waals surface area contributed by atoms with E-state index in [9.17, 15) is 4.79 Å². The summed E-state index contributed by atoms with van der Waals surface area (Å²) >= 11 is 0. The van der Waals surface area contributed by atoms with E-state index in [2.05, 4.69) is 24.1 Å². The van der Waals surface area contributed by atoms with Gasteiger partial charge in [0.05, 0.1) is 0 Å². The molecule has 0 fully saturated rings. The van der Waals surface area contributed by atoms with Gasteiger partial charge in [0.2, 0.25) is 0 Å². The summed E-state index contributed by atoms with van der Waals surface area (Å²) in [4.78, 5) is 14.5. The fraction of sp³-hybridized carbons (Fsp3) is 0.533. The van der Waals surface area contributed by atoms with Crippen LogP contribution in [0.5, 0.6) is 0 Å². The Morgan fingerprint density at radius 2 is 2.00 bits per heavy atom. The number of aryl methyl sites for hydroxylation is 1. The molecule has 4 heteroatoms. The third-order valence-corrected chi connectivity index (χ3v) is 3.30. The van der Waals surface area contributed by atoms with E-state index in [0.29, 0.717) is 11.3 Å². The van der Waals surface area contributed by atoms with Gasteiger partial charge in [0.25, 0.3) is 5.91 Å². The van der Waals surface area contributed by atoms with Crippen LogP contribution in [0.15, 0.2) is 18.2 Å². The first-order chi connectivity index (χ1) is 8.97. The fourth-order valence-electron chi connectivity index (χ4n) is 2.16. The monoisotopic (exact) mass is 263 g/mol. The molecule has 19 heavy (non-hydrogen) atoms. The average Bonchev–Trinajstić information content (AvgIpc) is 2.35. The molecule has 1 aromatic carbocycles. The molecule has 0 heterocycles. The number of carbonyl (C=O) groups excluding carboxylic acids is 1. The number of benzene rings is 1. The highest BCUT2D eigenvalue weighted by Gasteiger charge is 2.13. The molecule has 1 amide bonds. The molecule has 0 aromatic heterocycles. The first-order valence-electron chi connectivity index (χ1n) is 6.87. The second-order valence-corrected chi connectivity index (χ2v) is 4.93. The number of nitrogens with zero attached hydrogens (tertiary/aromatic N) is 1. The van der Waals surface area contributed by atoms with E-state index in [1.807, 2.05) is 19.9 Å². The van der Waals surface area contributed by atoms with Gasteiger partial charge in [0.1, 0.15) is 0 Å². The standard InChI is InChI=1S/C15H25N3O/c1-5-18(6-2)10-12(4)17-15(19)14-8-7-13(16)9-11(14)3/h7-9,12H,5-6,10,16H2,1-4H3,(H,17,19). The number of likely N-dealkylation sites (N-methyl/N-ethyl adjacent to an activating group) is 1. The maximum absolute atomic E-state index is 12.2. The number of hydrogen-bond donors (Lipinski definition) is 2. The van der Waals surface area contributed by atoms with Gasteiger partial charge in [-0.2, -0.15) is 0 Å². The van der Waals surface area contributed by atoms with Crippen molar-refractivity contribution in [3.05, 3.63) is 29.3 Å². The Balaban J connectivity index is 2.63. The van der Waals surface area contributed by atoms with Gasteiger partial charge in [0, 0.05) is 23.8 Å². The molecule has 1 unspecified atom stereocenters. The van der Waals surface area contributed by atoms with Crippen LogP contribution >= 0.6 is 0 Å². The molecule has 1 rings (SSSR count). The molecule has 4 nitrogen and oxygen atoms in total. The van der Waals surface area contributed by atoms with Gasteiger partial charge < -0.3 is 16.0 Å². The van der Waals surface area contributed by atoms with E-state index < -0.39 is 0 Å². The minimum absolute atomic E-state index is 0.0304. The molecular formula is C15H25N3O. The second kappa shape index (κ2) is 7.14. The molecule has 106 valence electrons. The summed E-state index contributed by atoms with van der Waals surface area (Å²) in [6.45, 7) is 11.1. The number of rotatable bonds is 6. The van der Waals surface area contributed by atoms with Crippen LogP contribution in [0.3, 0.4) is 0 Å². The molecule has 1 aromatic rings. The third kappa shape index (κ3) is 4.56. The Morgan fingerprint density at radius 3 is 2.53 bits per heavy atom. The topological polar surface area (TPSA) is 58.4 Å². The summed E-state index contributed by atoms with van der Waals surface area (Å²) in [6, 6.07) is 5.50. The van der Waals surface area contributed by atoms with Crippen LogP contribution in [0, 0.1) is 6.92 Å². The predicted octanol–water partition coefficient (Wildman–Crippen LogP) is 2.04. The van der Waals surface area contributed by atoms with E-state index in [0.717, 1.165) is 25.2 Å². The number of carbonyl (C=O) groups is 1. The zero-order valence-electron chi connectivity index (χ0n) is 12.4. The highest BCUT2D eigenvalue weighted by Crippen LogP contribution is 2.12. The van der Waals surface area contributed by atoms with Crippen molar-refractivity contribution in [1.82, 2.24) is 10.2 Å². The highest BCUT2D eigenvalue weighted by atomic mass is 16.1. The zero-order valence-corrected chi connectivity index (χ0v) is 12.4. The highest BCUT2D eigenvalue weighted by molar-refractivity contribution is 5.96. The number of nitrogen functional groups attached to an aromatic ring is 1. The van der Waals surface area contributed by atoms with Gasteiger partial charge in [-0.15, -0.1) is 0 Å². The molecular weight excluding hydrogens is 238 g/mol.